The summed E-state index contributed by atoms with van der Waals surface area (Å²) in [5, 5.41) is 2.11. The average molecular weight is 441 g/mol. The van der Waals surface area contributed by atoms with E-state index < -0.39 is 9.84 Å². The first-order valence-corrected chi connectivity index (χ1v) is 7.86. The van der Waals surface area contributed by atoms with Crippen LogP contribution < -0.4 is 3.26 Å². The van der Waals surface area contributed by atoms with Gasteiger partial charge in [0.05, 0.1) is 0 Å². The Morgan fingerprint density at radius 3 is 2.82 bits per heavy atom. The van der Waals surface area contributed by atoms with E-state index in [1.54, 1.807) is 24.4 Å². The predicted molar refractivity (Wildman–Crippen MR) is 61.6 cm³/mol. The Bertz CT molecular complexity index is 753. The summed E-state index contributed by atoms with van der Waals surface area (Å²) >= 11 is 1.40. The summed E-state index contributed by atoms with van der Waals surface area (Å²) in [7, 11) is -3.25. The molecule has 0 unspecified atom stereocenters. The number of pyridine rings is 1. The van der Waals surface area contributed by atoms with E-state index in [0.29, 0.717) is 4.90 Å². The number of sulfone groups is 1. The van der Waals surface area contributed by atoms with E-state index in [0.717, 1.165) is 22.2 Å². The monoisotopic (exact) mass is 441 g/mol. The molecule has 1 N–H and O–H groups in total. The van der Waals surface area contributed by atoms with E-state index in [-0.39, 0.29) is 0 Å². The molecule has 1 aliphatic rings. The second kappa shape index (κ2) is 3.75. The number of rotatable bonds is 1. The van der Waals surface area contributed by atoms with Crippen molar-refractivity contribution in [3.8, 4) is 0 Å². The van der Waals surface area contributed by atoms with Crippen LogP contribution >= 0.6 is 0 Å². The predicted octanol–water partition coefficient (Wildman–Crippen LogP) is 1.87. The molecule has 4 nitrogen and oxygen atoms in total. The Morgan fingerprint density at radius 2 is 2.06 bits per heavy atom. The summed E-state index contributed by atoms with van der Waals surface area (Å²) in [5.74, 6) is 0. The van der Waals surface area contributed by atoms with Gasteiger partial charge in [0.1, 0.15) is 0 Å². The molecule has 0 amide bonds. The van der Waals surface area contributed by atoms with Crippen LogP contribution in [0.5, 0.6) is 0 Å². The maximum absolute atomic E-state index is 11.8. The molecular weight excluding hydrogens is 434 g/mol. The van der Waals surface area contributed by atoms with Gasteiger partial charge in [-0.2, -0.15) is 0 Å². The third-order valence-electron chi connectivity index (χ3n) is 2.73. The number of hydrogen-bond acceptors (Lipinski definition) is 4. The number of nitrogens with one attached hydrogen (secondary N) is 1. The average Bonchev–Trinajstić information content (AvgIpc) is 2.64. The van der Waals surface area contributed by atoms with E-state index in [9.17, 15) is 8.42 Å². The third-order valence-corrected chi connectivity index (χ3v) is 4.98. The fourth-order valence-electron chi connectivity index (χ4n) is 1.98. The molecule has 2 aromatic rings. The quantitative estimate of drug-likeness (QED) is 0.735. The third kappa shape index (κ3) is 1.59. The van der Waals surface area contributed by atoms with Crippen molar-refractivity contribution >= 4 is 32.5 Å². The first kappa shape index (κ1) is 11.1. The second-order valence-corrected chi connectivity index (χ2v) is 6.21. The van der Waals surface area contributed by atoms with Crippen LogP contribution in [0.3, 0.4) is 0 Å². The molecule has 0 saturated carbocycles. The fourth-order valence-corrected chi connectivity index (χ4v) is 3.79. The maximum atomic E-state index is 11.8. The molecule has 6 heteroatoms. The summed E-state index contributed by atoms with van der Waals surface area (Å²) < 4.78 is 26.7. The molecule has 0 atom stereocenters. The number of anilines is 1. The SMILES string of the molecule is O=S1(=O)C=Cc2c1ccc1nccc(N[At])c21. The molecular formula is C11H7AtN2O2S. The summed E-state index contributed by atoms with van der Waals surface area (Å²) in [6.07, 6.45) is 3.35. The summed E-state index contributed by atoms with van der Waals surface area (Å²) in [6.45, 7) is 0. The fraction of sp³-hybridized carbons (Fsp3) is 0. The van der Waals surface area contributed by atoms with Gasteiger partial charge in [0.25, 0.3) is 0 Å². The summed E-state index contributed by atoms with van der Waals surface area (Å²) in [6, 6.07) is 5.21. The Kier molecular flexibility index (Phi) is 2.45. The molecule has 3 rings (SSSR count). The molecule has 0 saturated heterocycles. The molecule has 86 valence electrons. The van der Waals surface area contributed by atoms with Crippen molar-refractivity contribution in [2.45, 2.75) is 4.90 Å². The van der Waals surface area contributed by atoms with E-state index in [1.165, 1.54) is 30.4 Å². The molecule has 0 fully saturated rings. The van der Waals surface area contributed by atoms with Crippen LogP contribution in [0.25, 0.3) is 17.0 Å². The molecule has 0 bridgehead atoms. The Hall–Kier alpha value is -0.997. The van der Waals surface area contributed by atoms with Crippen LogP contribution in [-0.4, -0.2) is 13.4 Å². The van der Waals surface area contributed by atoms with Gasteiger partial charge in [0.2, 0.25) is 0 Å². The second-order valence-electron chi connectivity index (χ2n) is 3.67. The minimum atomic E-state index is -3.25. The van der Waals surface area contributed by atoms with Crippen LogP contribution in [-0.2, 0) is 9.84 Å². The van der Waals surface area contributed by atoms with E-state index in [4.69, 9.17) is 0 Å². The Labute approximate surface area is 114 Å². The van der Waals surface area contributed by atoms with Crippen molar-refractivity contribution in [3.63, 3.8) is 0 Å². The first-order chi connectivity index (χ1) is 8.13. The first-order valence-electron chi connectivity index (χ1n) is 4.85. The van der Waals surface area contributed by atoms with E-state index in [1.807, 2.05) is 6.07 Å². The van der Waals surface area contributed by atoms with Gasteiger partial charge in [-0.05, 0) is 0 Å². The molecule has 17 heavy (non-hydrogen) atoms. The molecule has 1 aliphatic heterocycles. The summed E-state index contributed by atoms with van der Waals surface area (Å²) in [5.41, 5.74) is 2.44. The number of aromatic nitrogens is 1. The zero-order chi connectivity index (χ0) is 12.0. The van der Waals surface area contributed by atoms with Crippen LogP contribution in [0, 0.1) is 25.0 Å². The molecule has 0 spiro atoms. The molecule has 2 heterocycles. The van der Waals surface area contributed by atoms with Crippen molar-refractivity contribution in [3.05, 3.63) is 35.4 Å². The molecule has 1 aromatic carbocycles. The normalized spacial score (nSPS) is 16.1. The van der Waals surface area contributed by atoms with Gasteiger partial charge in [-0.3, -0.25) is 0 Å². The van der Waals surface area contributed by atoms with Gasteiger partial charge >= 0.3 is 114 Å². The van der Waals surface area contributed by atoms with Crippen LogP contribution in [0.1, 0.15) is 5.56 Å². The van der Waals surface area contributed by atoms with Crippen LogP contribution in [0.2, 0.25) is 0 Å². The van der Waals surface area contributed by atoms with Gasteiger partial charge in [-0.25, -0.2) is 0 Å². The van der Waals surface area contributed by atoms with Crippen molar-refractivity contribution < 1.29 is 33.4 Å². The Balaban J connectivity index is 2.52. The van der Waals surface area contributed by atoms with Crippen molar-refractivity contribution in [2.24, 2.45) is 0 Å². The van der Waals surface area contributed by atoms with E-state index >= 15 is 0 Å². The van der Waals surface area contributed by atoms with Crippen molar-refractivity contribution in [1.29, 1.82) is 0 Å². The standard InChI is InChI=1S/C11H7AtN2O2S/c12-14-9-3-5-13-8-1-2-10-7(11(8)9)4-6-17(10,15)16/h1-6H,(H,13,14). The van der Waals surface area contributed by atoms with Crippen LogP contribution in [0.15, 0.2) is 34.7 Å². The molecule has 1 aromatic heterocycles. The van der Waals surface area contributed by atoms with Crippen molar-refractivity contribution in [1.82, 2.24) is 4.98 Å². The number of benzene rings is 1. The summed E-state index contributed by atoms with van der Waals surface area (Å²) in [4.78, 5) is 4.61. The molecule has 0 aliphatic carbocycles. The topological polar surface area (TPSA) is 59.1 Å². The minimum absolute atomic E-state index is 0.362. The van der Waals surface area contributed by atoms with Crippen LogP contribution in [0.4, 0.5) is 5.69 Å². The number of nitrogens with zero attached hydrogens (tertiary/aromatic N) is 1. The Morgan fingerprint density at radius 1 is 1.24 bits per heavy atom. The van der Waals surface area contributed by atoms with Gasteiger partial charge in [0.15, 0.2) is 0 Å². The van der Waals surface area contributed by atoms with Crippen molar-refractivity contribution in [2.75, 3.05) is 3.26 Å². The number of fused-ring (bicyclic) bond motifs is 3. The van der Waals surface area contributed by atoms with Gasteiger partial charge in [-0.15, -0.1) is 0 Å². The van der Waals surface area contributed by atoms with Gasteiger partial charge in [-0.1, -0.05) is 0 Å². The zero-order valence-electron chi connectivity index (χ0n) is 8.51. The zero-order valence-corrected chi connectivity index (χ0v) is 12.3. The van der Waals surface area contributed by atoms with E-state index in [2.05, 4.69) is 8.24 Å². The molecule has 0 radical (unpaired) electrons. The van der Waals surface area contributed by atoms with Gasteiger partial charge < -0.3 is 0 Å². The number of hydrogen-bond donors (Lipinski definition) is 1. The van der Waals surface area contributed by atoms with Gasteiger partial charge in [0, 0.05) is 0 Å².